The highest BCUT2D eigenvalue weighted by Gasteiger charge is 2.48. The lowest BCUT2D eigenvalue weighted by atomic mass is 9.85. The van der Waals surface area contributed by atoms with E-state index in [9.17, 15) is 22.8 Å². The average Bonchev–Trinajstić information content (AvgIpc) is 2.76. The maximum absolute atomic E-state index is 12.9. The maximum Gasteiger partial charge on any atom is 0.471 e. The fraction of sp³-hybridized carbons (Fsp3) is 0.409. The summed E-state index contributed by atoms with van der Waals surface area (Å²) >= 11 is 0. The molecular weight excluding hydrogens is 409 g/mol. The zero-order valence-electron chi connectivity index (χ0n) is 17.0. The van der Waals surface area contributed by atoms with Crippen LogP contribution in [0.3, 0.4) is 0 Å². The van der Waals surface area contributed by atoms with Crippen LogP contribution >= 0.6 is 0 Å². The van der Waals surface area contributed by atoms with E-state index < -0.39 is 23.5 Å². The molecule has 1 fully saturated rings. The lowest BCUT2D eigenvalue weighted by Crippen LogP contribution is -2.65. The van der Waals surface area contributed by atoms with Crippen molar-refractivity contribution in [1.82, 2.24) is 20.5 Å². The minimum Gasteiger partial charge on any atom is -0.354 e. The molecule has 3 rings (SSSR count). The zero-order chi connectivity index (χ0) is 22.3. The molecule has 2 heterocycles. The fourth-order valence-corrected chi connectivity index (χ4v) is 3.67. The molecule has 1 aromatic heterocycles. The van der Waals surface area contributed by atoms with Crippen molar-refractivity contribution < 1.29 is 22.8 Å². The van der Waals surface area contributed by atoms with Gasteiger partial charge in [-0.2, -0.15) is 13.2 Å². The number of carbonyl (C=O) groups excluding carboxylic acids is 2. The second-order valence-electron chi connectivity index (χ2n) is 7.66. The minimum atomic E-state index is -5.05. The van der Waals surface area contributed by atoms with Gasteiger partial charge in [-0.1, -0.05) is 36.4 Å². The molecule has 0 radical (unpaired) electrons. The number of likely N-dealkylation sites (tertiary alicyclic amines) is 1. The number of halogens is 3. The zero-order valence-corrected chi connectivity index (χ0v) is 17.0. The van der Waals surface area contributed by atoms with E-state index >= 15 is 0 Å². The summed E-state index contributed by atoms with van der Waals surface area (Å²) in [4.78, 5) is 30.6. The summed E-state index contributed by atoms with van der Waals surface area (Å²) in [5.74, 6) is -2.68. The van der Waals surface area contributed by atoms with E-state index in [1.165, 1.54) is 0 Å². The van der Waals surface area contributed by atoms with Crippen LogP contribution in [0, 0.1) is 0 Å². The first-order chi connectivity index (χ1) is 14.8. The number of hydrogen-bond donors (Lipinski definition) is 2. The van der Waals surface area contributed by atoms with Gasteiger partial charge in [0.05, 0.1) is 0 Å². The van der Waals surface area contributed by atoms with Gasteiger partial charge < -0.3 is 10.6 Å². The molecule has 0 bridgehead atoms. The summed E-state index contributed by atoms with van der Waals surface area (Å²) in [6.07, 6.45) is -1.07. The van der Waals surface area contributed by atoms with Gasteiger partial charge in [0, 0.05) is 38.6 Å². The van der Waals surface area contributed by atoms with Crippen molar-refractivity contribution in [3.8, 4) is 0 Å². The number of carbonyl (C=O) groups is 2. The number of nitrogens with zero attached hydrogens (tertiary/aromatic N) is 2. The fourth-order valence-electron chi connectivity index (χ4n) is 3.67. The van der Waals surface area contributed by atoms with Gasteiger partial charge in [0.2, 0.25) is 5.91 Å². The van der Waals surface area contributed by atoms with Gasteiger partial charge in [0.15, 0.2) is 0 Å². The van der Waals surface area contributed by atoms with E-state index in [0.717, 1.165) is 11.1 Å². The molecular formula is C22H25F3N4O2. The molecule has 0 aliphatic carbocycles. The van der Waals surface area contributed by atoms with Gasteiger partial charge in [-0.05, 0) is 36.5 Å². The van der Waals surface area contributed by atoms with E-state index in [1.807, 2.05) is 41.7 Å². The van der Waals surface area contributed by atoms with Crippen LogP contribution in [0.5, 0.6) is 0 Å². The average molecular weight is 434 g/mol. The van der Waals surface area contributed by atoms with Gasteiger partial charge in [-0.3, -0.25) is 19.5 Å². The van der Waals surface area contributed by atoms with E-state index in [0.29, 0.717) is 26.1 Å². The maximum atomic E-state index is 12.9. The minimum absolute atomic E-state index is 0.0976. The van der Waals surface area contributed by atoms with Crippen LogP contribution < -0.4 is 10.6 Å². The summed E-state index contributed by atoms with van der Waals surface area (Å²) in [5.41, 5.74) is 0.387. The third-order valence-electron chi connectivity index (χ3n) is 5.43. The number of nitrogens with one attached hydrogen (secondary N) is 2. The van der Waals surface area contributed by atoms with E-state index in [1.54, 1.807) is 18.5 Å². The Morgan fingerprint density at radius 2 is 1.71 bits per heavy atom. The van der Waals surface area contributed by atoms with Crippen LogP contribution in [-0.2, 0) is 22.6 Å². The van der Waals surface area contributed by atoms with Crippen molar-refractivity contribution in [2.75, 3.05) is 19.6 Å². The van der Waals surface area contributed by atoms with Crippen molar-refractivity contribution in [2.24, 2.45) is 0 Å². The molecule has 0 unspecified atom stereocenters. The lowest BCUT2D eigenvalue weighted by molar-refractivity contribution is -0.177. The topological polar surface area (TPSA) is 74.3 Å². The van der Waals surface area contributed by atoms with Gasteiger partial charge in [0.1, 0.15) is 5.54 Å². The smallest absolute Gasteiger partial charge is 0.354 e. The van der Waals surface area contributed by atoms with Gasteiger partial charge in [-0.25, -0.2) is 0 Å². The summed E-state index contributed by atoms with van der Waals surface area (Å²) in [6.45, 7) is 1.65. The SMILES string of the molecule is O=C(NC1(C(=O)NCCc2cccnc2)CCN(Cc2ccccc2)CC1)C(F)(F)F. The first kappa shape index (κ1) is 22.7. The van der Waals surface area contributed by atoms with Gasteiger partial charge >= 0.3 is 12.1 Å². The van der Waals surface area contributed by atoms with Crippen LogP contribution in [0.2, 0.25) is 0 Å². The highest BCUT2D eigenvalue weighted by Crippen LogP contribution is 2.26. The normalized spacial score (nSPS) is 16.5. The Bertz CT molecular complexity index is 867. The number of pyridine rings is 1. The van der Waals surface area contributed by atoms with Gasteiger partial charge in [-0.15, -0.1) is 0 Å². The molecule has 2 aromatic rings. The number of alkyl halides is 3. The van der Waals surface area contributed by atoms with Gasteiger partial charge in [0.25, 0.3) is 0 Å². The number of piperidine rings is 1. The van der Waals surface area contributed by atoms with Crippen molar-refractivity contribution in [3.05, 3.63) is 66.0 Å². The number of amides is 2. The number of aromatic nitrogens is 1. The van der Waals surface area contributed by atoms with Crippen LogP contribution in [0.1, 0.15) is 24.0 Å². The molecule has 2 N–H and O–H groups in total. The predicted molar refractivity (Wildman–Crippen MR) is 109 cm³/mol. The van der Waals surface area contributed by atoms with E-state index in [2.05, 4.69) is 15.2 Å². The monoisotopic (exact) mass is 434 g/mol. The highest BCUT2D eigenvalue weighted by atomic mass is 19.4. The van der Waals surface area contributed by atoms with Crippen molar-refractivity contribution in [1.29, 1.82) is 0 Å². The molecule has 1 aliphatic rings. The first-order valence-electron chi connectivity index (χ1n) is 10.1. The second-order valence-corrected chi connectivity index (χ2v) is 7.66. The molecule has 0 atom stereocenters. The first-order valence-corrected chi connectivity index (χ1v) is 10.1. The Kier molecular flexibility index (Phi) is 7.27. The molecule has 1 aromatic carbocycles. The Morgan fingerprint density at radius 1 is 1.03 bits per heavy atom. The molecule has 6 nitrogen and oxygen atoms in total. The second kappa shape index (κ2) is 9.91. The van der Waals surface area contributed by atoms with Crippen LogP contribution in [0.4, 0.5) is 13.2 Å². The highest BCUT2D eigenvalue weighted by molar-refractivity contribution is 5.93. The molecule has 0 spiro atoms. The quantitative estimate of drug-likeness (QED) is 0.702. The molecule has 0 saturated carbocycles. The molecule has 2 amide bonds. The third kappa shape index (κ3) is 6.27. The summed E-state index contributed by atoms with van der Waals surface area (Å²) in [6, 6.07) is 13.3. The molecule has 166 valence electrons. The van der Waals surface area contributed by atoms with Crippen LogP contribution in [0.15, 0.2) is 54.9 Å². The van der Waals surface area contributed by atoms with E-state index in [4.69, 9.17) is 0 Å². The Hall–Kier alpha value is -2.94. The molecule has 1 aliphatic heterocycles. The number of benzene rings is 1. The van der Waals surface area contributed by atoms with Crippen molar-refractivity contribution in [3.63, 3.8) is 0 Å². The molecule has 9 heteroatoms. The largest absolute Gasteiger partial charge is 0.471 e. The summed E-state index contributed by atoms with van der Waals surface area (Å²) in [7, 11) is 0. The Morgan fingerprint density at radius 3 is 2.32 bits per heavy atom. The number of hydrogen-bond acceptors (Lipinski definition) is 4. The van der Waals surface area contributed by atoms with Crippen LogP contribution in [0.25, 0.3) is 0 Å². The standard InChI is InChI=1S/C22H25F3N4O2/c23-22(24,25)20(31)28-21(19(30)27-12-8-17-7-4-11-26-15-17)9-13-29(14-10-21)16-18-5-2-1-3-6-18/h1-7,11,15H,8-10,12-14,16H2,(H,27,30)(H,28,31). The third-order valence-corrected chi connectivity index (χ3v) is 5.43. The Balaban J connectivity index is 1.64. The van der Waals surface area contributed by atoms with Crippen molar-refractivity contribution in [2.45, 2.75) is 37.5 Å². The molecule has 1 saturated heterocycles. The summed E-state index contributed by atoms with van der Waals surface area (Å²) < 4.78 is 38.7. The Labute approximate surface area is 178 Å². The lowest BCUT2D eigenvalue weighted by Gasteiger charge is -2.41. The predicted octanol–water partition coefficient (Wildman–Crippen LogP) is 2.45. The number of rotatable bonds is 7. The van der Waals surface area contributed by atoms with E-state index in [-0.39, 0.29) is 19.4 Å². The van der Waals surface area contributed by atoms with Crippen molar-refractivity contribution >= 4 is 11.8 Å². The van der Waals surface area contributed by atoms with Crippen LogP contribution in [-0.4, -0.2) is 53.0 Å². The molecule has 31 heavy (non-hydrogen) atoms. The summed E-state index contributed by atoms with van der Waals surface area (Å²) in [5, 5.41) is 4.69.